The molecule has 1 aliphatic rings. The van der Waals surface area contributed by atoms with Crippen LogP contribution in [0, 0.1) is 13.8 Å². The first kappa shape index (κ1) is 14.5. The second-order valence-electron chi connectivity index (χ2n) is 5.37. The quantitative estimate of drug-likeness (QED) is 0.861. The van der Waals surface area contributed by atoms with Gasteiger partial charge in [0.05, 0.1) is 11.4 Å². The summed E-state index contributed by atoms with van der Waals surface area (Å²) in [5, 5.41) is 6.71. The van der Waals surface area contributed by atoms with Crippen LogP contribution in [0.4, 0.5) is 0 Å². The maximum Gasteiger partial charge on any atom is 0.247 e. The number of nitrogens with one attached hydrogen (secondary N) is 1. The number of aryl methyl sites for hydroxylation is 2. The highest BCUT2D eigenvalue weighted by Gasteiger charge is 2.43. The molecule has 6 nitrogen and oxygen atoms in total. The normalized spacial score (nSPS) is 19.2. The second kappa shape index (κ2) is 4.88. The van der Waals surface area contributed by atoms with Crippen LogP contribution in [0.15, 0.2) is 4.90 Å². The molecule has 1 aromatic rings. The smallest absolute Gasteiger partial charge is 0.247 e. The number of hydrogen-bond donors (Lipinski definition) is 2. The Morgan fingerprint density at radius 2 is 1.95 bits per heavy atom. The van der Waals surface area contributed by atoms with Crippen LogP contribution in [-0.2, 0) is 10.0 Å². The largest absolute Gasteiger partial charge is 0.329 e. The zero-order valence-corrected chi connectivity index (χ0v) is 12.5. The van der Waals surface area contributed by atoms with Crippen molar-refractivity contribution in [2.45, 2.75) is 50.0 Å². The van der Waals surface area contributed by atoms with Crippen molar-refractivity contribution in [2.24, 2.45) is 5.73 Å². The first-order chi connectivity index (χ1) is 8.85. The number of nitrogens with zero attached hydrogens (tertiary/aromatic N) is 2. The summed E-state index contributed by atoms with van der Waals surface area (Å²) in [6.07, 6.45) is 3.71. The van der Waals surface area contributed by atoms with E-state index >= 15 is 0 Å². The molecule has 0 bridgehead atoms. The van der Waals surface area contributed by atoms with Gasteiger partial charge in [0.2, 0.25) is 10.0 Å². The monoisotopic (exact) mass is 286 g/mol. The number of nitrogens with two attached hydrogens (primary N) is 1. The molecule has 0 aliphatic heterocycles. The van der Waals surface area contributed by atoms with Gasteiger partial charge >= 0.3 is 0 Å². The van der Waals surface area contributed by atoms with Gasteiger partial charge in [0.1, 0.15) is 4.90 Å². The molecule has 0 atom stereocenters. The fraction of sp³-hybridized carbons (Fsp3) is 0.750. The molecule has 1 aromatic heterocycles. The Labute approximate surface area is 114 Å². The van der Waals surface area contributed by atoms with Crippen LogP contribution in [0.1, 0.15) is 37.1 Å². The summed E-state index contributed by atoms with van der Waals surface area (Å²) in [4.78, 5) is 0.287. The highest BCUT2D eigenvalue weighted by atomic mass is 32.2. The van der Waals surface area contributed by atoms with Crippen LogP contribution < -0.4 is 5.73 Å². The lowest BCUT2D eigenvalue weighted by molar-refractivity contribution is 0.230. The number of likely N-dealkylation sites (N-methyl/N-ethyl adjacent to an activating group) is 1. The maximum absolute atomic E-state index is 12.8. The van der Waals surface area contributed by atoms with Crippen LogP contribution in [-0.4, -0.2) is 42.1 Å². The summed E-state index contributed by atoms with van der Waals surface area (Å²) in [6, 6.07) is 0. The van der Waals surface area contributed by atoms with E-state index in [1.54, 1.807) is 20.9 Å². The average Bonchev–Trinajstić information content (AvgIpc) is 2.96. The number of aromatic amines is 1. The Bertz CT molecular complexity index is 539. The van der Waals surface area contributed by atoms with Gasteiger partial charge in [-0.2, -0.15) is 9.40 Å². The Hall–Kier alpha value is -0.920. The van der Waals surface area contributed by atoms with Crippen LogP contribution in [0.25, 0.3) is 0 Å². The fourth-order valence-corrected chi connectivity index (χ4v) is 4.89. The number of hydrogen-bond acceptors (Lipinski definition) is 4. The Kier molecular flexibility index (Phi) is 3.72. The minimum atomic E-state index is -3.55. The van der Waals surface area contributed by atoms with E-state index in [4.69, 9.17) is 5.73 Å². The van der Waals surface area contributed by atoms with E-state index in [1.807, 2.05) is 0 Å². The average molecular weight is 286 g/mol. The molecular formula is C12H22N4O2S. The first-order valence-electron chi connectivity index (χ1n) is 6.56. The van der Waals surface area contributed by atoms with Gasteiger partial charge in [-0.1, -0.05) is 12.8 Å². The summed E-state index contributed by atoms with van der Waals surface area (Å²) in [5.41, 5.74) is 6.52. The van der Waals surface area contributed by atoms with Gasteiger partial charge in [0.25, 0.3) is 0 Å². The van der Waals surface area contributed by atoms with Crippen molar-refractivity contribution >= 4 is 10.0 Å². The maximum atomic E-state index is 12.8. The Morgan fingerprint density at radius 1 is 1.37 bits per heavy atom. The van der Waals surface area contributed by atoms with Crippen molar-refractivity contribution < 1.29 is 8.42 Å². The van der Waals surface area contributed by atoms with Gasteiger partial charge < -0.3 is 5.73 Å². The van der Waals surface area contributed by atoms with E-state index < -0.39 is 15.6 Å². The van der Waals surface area contributed by atoms with Crippen molar-refractivity contribution in [3.05, 3.63) is 11.4 Å². The van der Waals surface area contributed by atoms with E-state index in [0.717, 1.165) is 25.7 Å². The molecule has 2 rings (SSSR count). The predicted molar refractivity (Wildman–Crippen MR) is 73.3 cm³/mol. The summed E-state index contributed by atoms with van der Waals surface area (Å²) in [7, 11) is -1.91. The molecule has 1 aliphatic carbocycles. The molecule has 0 radical (unpaired) electrons. The van der Waals surface area contributed by atoms with E-state index in [9.17, 15) is 8.42 Å². The number of sulfonamides is 1. The van der Waals surface area contributed by atoms with E-state index in [0.29, 0.717) is 17.9 Å². The molecule has 0 amide bonds. The molecule has 1 fully saturated rings. The molecule has 3 N–H and O–H groups in total. The minimum absolute atomic E-state index is 0.287. The molecule has 1 saturated carbocycles. The lowest BCUT2D eigenvalue weighted by Crippen LogP contribution is -2.52. The van der Waals surface area contributed by atoms with Crippen LogP contribution >= 0.6 is 0 Å². The number of aromatic nitrogens is 2. The molecule has 108 valence electrons. The van der Waals surface area contributed by atoms with Crippen LogP contribution in [0.5, 0.6) is 0 Å². The number of rotatable bonds is 4. The fourth-order valence-electron chi connectivity index (χ4n) is 2.99. The van der Waals surface area contributed by atoms with Gasteiger partial charge in [-0.05, 0) is 26.7 Å². The molecule has 7 heteroatoms. The molecule has 0 spiro atoms. The Balaban J connectivity index is 2.45. The van der Waals surface area contributed by atoms with Crippen LogP contribution in [0.3, 0.4) is 0 Å². The SMILES string of the molecule is Cc1n[nH]c(C)c1S(=O)(=O)N(C)C1(CN)CCCC1. The summed E-state index contributed by atoms with van der Waals surface area (Å²) < 4.78 is 27.1. The van der Waals surface area contributed by atoms with Crippen molar-refractivity contribution in [3.63, 3.8) is 0 Å². The van der Waals surface area contributed by atoms with Gasteiger partial charge in [0.15, 0.2) is 0 Å². The van der Waals surface area contributed by atoms with Crippen molar-refractivity contribution in [2.75, 3.05) is 13.6 Å². The predicted octanol–water partition coefficient (Wildman–Crippen LogP) is 0.919. The van der Waals surface area contributed by atoms with Crippen molar-refractivity contribution in [1.82, 2.24) is 14.5 Å². The summed E-state index contributed by atoms with van der Waals surface area (Å²) in [5.74, 6) is 0. The van der Waals surface area contributed by atoms with Crippen molar-refractivity contribution in [3.8, 4) is 0 Å². The summed E-state index contributed by atoms with van der Waals surface area (Å²) >= 11 is 0. The molecule has 0 aromatic carbocycles. The molecule has 1 heterocycles. The van der Waals surface area contributed by atoms with E-state index in [-0.39, 0.29) is 4.90 Å². The first-order valence-corrected chi connectivity index (χ1v) is 8.00. The lowest BCUT2D eigenvalue weighted by atomic mass is 9.98. The van der Waals surface area contributed by atoms with Gasteiger partial charge in [-0.25, -0.2) is 8.42 Å². The second-order valence-corrected chi connectivity index (χ2v) is 7.28. The van der Waals surface area contributed by atoms with Crippen LogP contribution in [0.2, 0.25) is 0 Å². The Morgan fingerprint density at radius 3 is 2.37 bits per heavy atom. The minimum Gasteiger partial charge on any atom is -0.329 e. The standard InChI is InChI=1S/C12H22N4O2S/c1-9-11(10(2)15-14-9)19(17,18)16(3)12(8-13)6-4-5-7-12/h4-8,13H2,1-3H3,(H,14,15). The zero-order valence-electron chi connectivity index (χ0n) is 11.7. The topological polar surface area (TPSA) is 92.1 Å². The molecule has 0 unspecified atom stereocenters. The highest BCUT2D eigenvalue weighted by molar-refractivity contribution is 7.89. The lowest BCUT2D eigenvalue weighted by Gasteiger charge is -2.36. The third kappa shape index (κ3) is 2.19. The molecular weight excluding hydrogens is 264 g/mol. The third-order valence-electron chi connectivity index (χ3n) is 4.26. The third-order valence-corrected chi connectivity index (χ3v) is 6.49. The van der Waals surface area contributed by atoms with E-state index in [2.05, 4.69) is 10.2 Å². The van der Waals surface area contributed by atoms with Crippen molar-refractivity contribution in [1.29, 1.82) is 0 Å². The number of H-pyrrole nitrogens is 1. The highest BCUT2D eigenvalue weighted by Crippen LogP contribution is 2.37. The summed E-state index contributed by atoms with van der Waals surface area (Å²) in [6.45, 7) is 3.79. The van der Waals surface area contributed by atoms with E-state index in [1.165, 1.54) is 4.31 Å². The zero-order chi connectivity index (χ0) is 14.3. The van der Waals surface area contributed by atoms with Gasteiger partial charge in [0, 0.05) is 19.1 Å². The molecule has 19 heavy (non-hydrogen) atoms. The van der Waals surface area contributed by atoms with Gasteiger partial charge in [-0.3, -0.25) is 5.10 Å². The van der Waals surface area contributed by atoms with Gasteiger partial charge in [-0.15, -0.1) is 0 Å². The molecule has 0 saturated heterocycles.